The van der Waals surface area contributed by atoms with Crippen molar-refractivity contribution in [2.75, 3.05) is 0 Å². The highest BCUT2D eigenvalue weighted by Gasteiger charge is 2.10. The summed E-state index contributed by atoms with van der Waals surface area (Å²) in [5, 5.41) is 16.7. The maximum Gasteiger partial charge on any atom is 0.150 e. The number of phenolic OH excluding ortho intramolecular Hbond substituents is 1. The molecular weight excluding hydrogens is 216 g/mol. The van der Waals surface area contributed by atoms with Crippen LogP contribution in [0.5, 0.6) is 5.75 Å². The number of rotatable bonds is 4. The SMILES string of the molecule is Cc1ccc(O)c(C(C)NCc2ccno2)c1. The fraction of sp³-hybridized carbons (Fsp3) is 0.308. The molecular formula is C13H16N2O2. The highest BCUT2D eigenvalue weighted by molar-refractivity contribution is 5.37. The Morgan fingerprint density at radius 2 is 2.24 bits per heavy atom. The van der Waals surface area contributed by atoms with Gasteiger partial charge in [0.05, 0.1) is 12.7 Å². The molecule has 0 saturated heterocycles. The van der Waals surface area contributed by atoms with Crippen LogP contribution >= 0.6 is 0 Å². The van der Waals surface area contributed by atoms with Crippen molar-refractivity contribution in [1.29, 1.82) is 0 Å². The van der Waals surface area contributed by atoms with E-state index in [1.807, 2.05) is 32.0 Å². The summed E-state index contributed by atoms with van der Waals surface area (Å²) in [5.74, 6) is 1.09. The van der Waals surface area contributed by atoms with Gasteiger partial charge >= 0.3 is 0 Å². The summed E-state index contributed by atoms with van der Waals surface area (Å²) in [5.41, 5.74) is 2.02. The first kappa shape index (κ1) is 11.7. The molecule has 1 heterocycles. The highest BCUT2D eigenvalue weighted by atomic mass is 16.5. The van der Waals surface area contributed by atoms with Gasteiger partial charge in [0.25, 0.3) is 0 Å². The standard InChI is InChI=1S/C13H16N2O2/c1-9-3-4-13(16)12(7-9)10(2)14-8-11-5-6-15-17-11/h3-7,10,14,16H,8H2,1-2H3. The van der Waals surface area contributed by atoms with Gasteiger partial charge in [-0.3, -0.25) is 0 Å². The van der Waals surface area contributed by atoms with Gasteiger partial charge in [-0.15, -0.1) is 0 Å². The van der Waals surface area contributed by atoms with Gasteiger partial charge in [-0.05, 0) is 19.9 Å². The number of hydrogen-bond acceptors (Lipinski definition) is 4. The van der Waals surface area contributed by atoms with Gasteiger partial charge in [0.2, 0.25) is 0 Å². The second-order valence-corrected chi connectivity index (χ2v) is 4.14. The Hall–Kier alpha value is -1.81. The zero-order valence-corrected chi connectivity index (χ0v) is 9.97. The lowest BCUT2D eigenvalue weighted by molar-refractivity contribution is 0.364. The van der Waals surface area contributed by atoms with E-state index in [1.165, 1.54) is 0 Å². The number of aromatic nitrogens is 1. The normalized spacial score (nSPS) is 12.6. The minimum Gasteiger partial charge on any atom is -0.508 e. The largest absolute Gasteiger partial charge is 0.508 e. The Labute approximate surface area is 100 Å². The molecule has 1 aromatic carbocycles. The average Bonchev–Trinajstić information content (AvgIpc) is 2.82. The second-order valence-electron chi connectivity index (χ2n) is 4.14. The number of aromatic hydroxyl groups is 1. The van der Waals surface area contributed by atoms with E-state index in [4.69, 9.17) is 4.52 Å². The van der Waals surface area contributed by atoms with Crippen LogP contribution in [0.2, 0.25) is 0 Å². The van der Waals surface area contributed by atoms with E-state index >= 15 is 0 Å². The van der Waals surface area contributed by atoms with Gasteiger partial charge in [-0.25, -0.2) is 0 Å². The molecule has 0 amide bonds. The van der Waals surface area contributed by atoms with Crippen LogP contribution in [0.25, 0.3) is 0 Å². The van der Waals surface area contributed by atoms with Crippen molar-refractivity contribution in [1.82, 2.24) is 10.5 Å². The van der Waals surface area contributed by atoms with Gasteiger partial charge in [0.1, 0.15) is 11.5 Å². The number of nitrogens with zero attached hydrogens (tertiary/aromatic N) is 1. The Balaban J connectivity index is 2.04. The predicted octanol–water partition coefficient (Wildman–Crippen LogP) is 2.54. The number of aryl methyl sites for hydroxylation is 1. The van der Waals surface area contributed by atoms with Crippen molar-refractivity contribution in [2.24, 2.45) is 0 Å². The molecule has 0 radical (unpaired) electrons. The lowest BCUT2D eigenvalue weighted by atomic mass is 10.0. The van der Waals surface area contributed by atoms with Crippen molar-refractivity contribution < 1.29 is 9.63 Å². The predicted molar refractivity (Wildman–Crippen MR) is 64.6 cm³/mol. The Morgan fingerprint density at radius 3 is 2.94 bits per heavy atom. The van der Waals surface area contributed by atoms with Crippen LogP contribution in [0.3, 0.4) is 0 Å². The van der Waals surface area contributed by atoms with Gasteiger partial charge in [-0.1, -0.05) is 22.9 Å². The van der Waals surface area contributed by atoms with Crippen molar-refractivity contribution in [3.05, 3.63) is 47.3 Å². The molecule has 1 atom stereocenters. The number of benzene rings is 1. The Morgan fingerprint density at radius 1 is 1.41 bits per heavy atom. The summed E-state index contributed by atoms with van der Waals surface area (Å²) in [6.07, 6.45) is 1.62. The monoisotopic (exact) mass is 232 g/mol. The average molecular weight is 232 g/mol. The van der Waals surface area contributed by atoms with Crippen LogP contribution in [0.4, 0.5) is 0 Å². The van der Waals surface area contributed by atoms with E-state index < -0.39 is 0 Å². The smallest absolute Gasteiger partial charge is 0.150 e. The summed E-state index contributed by atoms with van der Waals surface area (Å²) in [6, 6.07) is 7.46. The maximum absolute atomic E-state index is 9.79. The first-order valence-electron chi connectivity index (χ1n) is 5.59. The highest BCUT2D eigenvalue weighted by Crippen LogP contribution is 2.25. The zero-order valence-electron chi connectivity index (χ0n) is 9.97. The molecule has 0 aliphatic rings. The number of phenols is 1. The van der Waals surface area contributed by atoms with Crippen LogP contribution in [-0.2, 0) is 6.54 Å². The van der Waals surface area contributed by atoms with E-state index in [1.54, 1.807) is 12.3 Å². The van der Waals surface area contributed by atoms with Crippen LogP contribution in [0, 0.1) is 6.92 Å². The lowest BCUT2D eigenvalue weighted by Gasteiger charge is -2.15. The molecule has 0 aliphatic heterocycles. The molecule has 1 unspecified atom stereocenters. The quantitative estimate of drug-likeness (QED) is 0.850. The molecule has 0 aliphatic carbocycles. The van der Waals surface area contributed by atoms with E-state index in [9.17, 15) is 5.11 Å². The fourth-order valence-corrected chi connectivity index (χ4v) is 1.72. The molecule has 2 N–H and O–H groups in total. The third-order valence-electron chi connectivity index (χ3n) is 2.72. The molecule has 4 nitrogen and oxygen atoms in total. The topological polar surface area (TPSA) is 58.3 Å². The Bertz CT molecular complexity index is 480. The van der Waals surface area contributed by atoms with Gasteiger partial charge in [0, 0.05) is 17.7 Å². The molecule has 1 aromatic heterocycles. The van der Waals surface area contributed by atoms with Crippen LogP contribution in [0.1, 0.15) is 29.9 Å². The third kappa shape index (κ3) is 2.85. The van der Waals surface area contributed by atoms with Crippen molar-refractivity contribution in [3.8, 4) is 5.75 Å². The van der Waals surface area contributed by atoms with Crippen molar-refractivity contribution >= 4 is 0 Å². The van der Waals surface area contributed by atoms with Crippen LogP contribution in [-0.4, -0.2) is 10.3 Å². The maximum atomic E-state index is 9.79. The summed E-state index contributed by atoms with van der Waals surface area (Å²) >= 11 is 0. The van der Waals surface area contributed by atoms with E-state index in [0.717, 1.165) is 16.9 Å². The minimum atomic E-state index is 0.0556. The molecule has 2 rings (SSSR count). The van der Waals surface area contributed by atoms with Crippen molar-refractivity contribution in [2.45, 2.75) is 26.4 Å². The first-order chi connectivity index (χ1) is 8.16. The number of nitrogens with one attached hydrogen (secondary N) is 1. The number of hydrogen-bond donors (Lipinski definition) is 2. The lowest BCUT2D eigenvalue weighted by Crippen LogP contribution is -2.18. The van der Waals surface area contributed by atoms with Crippen LogP contribution in [0.15, 0.2) is 35.0 Å². The third-order valence-corrected chi connectivity index (χ3v) is 2.72. The summed E-state index contributed by atoms with van der Waals surface area (Å²) < 4.78 is 5.00. The summed E-state index contributed by atoms with van der Waals surface area (Å²) in [7, 11) is 0. The van der Waals surface area contributed by atoms with Crippen LogP contribution < -0.4 is 5.32 Å². The van der Waals surface area contributed by atoms with E-state index in [-0.39, 0.29) is 6.04 Å². The second kappa shape index (κ2) is 5.01. The molecule has 17 heavy (non-hydrogen) atoms. The van der Waals surface area contributed by atoms with Gasteiger partial charge < -0.3 is 14.9 Å². The Kier molecular flexibility index (Phi) is 3.44. The van der Waals surface area contributed by atoms with E-state index in [2.05, 4.69) is 10.5 Å². The molecule has 0 bridgehead atoms. The molecule has 0 fully saturated rings. The molecule has 4 heteroatoms. The summed E-state index contributed by atoms with van der Waals surface area (Å²) in [4.78, 5) is 0. The molecule has 2 aromatic rings. The fourth-order valence-electron chi connectivity index (χ4n) is 1.72. The molecule has 90 valence electrons. The van der Waals surface area contributed by atoms with Gasteiger partial charge in [-0.2, -0.15) is 0 Å². The first-order valence-corrected chi connectivity index (χ1v) is 5.59. The molecule has 0 spiro atoms. The van der Waals surface area contributed by atoms with Crippen molar-refractivity contribution in [3.63, 3.8) is 0 Å². The zero-order chi connectivity index (χ0) is 12.3. The van der Waals surface area contributed by atoms with Gasteiger partial charge in [0.15, 0.2) is 0 Å². The van der Waals surface area contributed by atoms with E-state index in [0.29, 0.717) is 12.3 Å². The molecule has 0 saturated carbocycles. The minimum absolute atomic E-state index is 0.0556. The summed E-state index contributed by atoms with van der Waals surface area (Å²) in [6.45, 7) is 4.60.